The van der Waals surface area contributed by atoms with Gasteiger partial charge in [-0.05, 0) is 49.9 Å². The van der Waals surface area contributed by atoms with Gasteiger partial charge in [-0.1, -0.05) is 6.42 Å². The zero-order valence-electron chi connectivity index (χ0n) is 22.9. The van der Waals surface area contributed by atoms with Crippen molar-refractivity contribution in [2.75, 3.05) is 54.6 Å². The number of nitrogen functional groups attached to an aromatic ring is 1. The number of ether oxygens (including phenoxy) is 1. The lowest BCUT2D eigenvalue weighted by Gasteiger charge is -2.27. The molecule has 3 heterocycles. The van der Waals surface area contributed by atoms with Crippen LogP contribution in [0.5, 0.6) is 0 Å². The number of methoxy groups -OCH3 is 1. The second-order valence-electron chi connectivity index (χ2n) is 10.2. The van der Waals surface area contributed by atoms with Gasteiger partial charge in [-0.3, -0.25) is 9.59 Å². The quantitative estimate of drug-likeness (QED) is 0.401. The lowest BCUT2D eigenvalue weighted by Crippen LogP contribution is -2.33. The molecule has 0 radical (unpaired) electrons. The van der Waals surface area contributed by atoms with Gasteiger partial charge in [0.1, 0.15) is 12.1 Å². The minimum atomic E-state index is -0.0375. The topological polar surface area (TPSA) is 156 Å². The number of carbonyl (C=O) groups excluding carboxylic acids is 2. The highest BCUT2D eigenvalue weighted by Gasteiger charge is 2.27. The maximum absolute atomic E-state index is 12.7. The molecule has 2 fully saturated rings. The Bertz CT molecular complexity index is 1330. The molecule has 13 nitrogen and oxygen atoms in total. The van der Waals surface area contributed by atoms with E-state index in [2.05, 4.69) is 35.6 Å². The van der Waals surface area contributed by atoms with Gasteiger partial charge in [0, 0.05) is 63.6 Å². The van der Waals surface area contributed by atoms with Crippen LogP contribution >= 0.6 is 0 Å². The van der Waals surface area contributed by atoms with Crippen molar-refractivity contribution in [3.05, 3.63) is 36.7 Å². The predicted molar refractivity (Wildman–Crippen MR) is 152 cm³/mol. The Kier molecular flexibility index (Phi) is 8.39. The third kappa shape index (κ3) is 6.47. The average molecular weight is 549 g/mol. The van der Waals surface area contributed by atoms with Crippen LogP contribution in [0.25, 0.3) is 5.82 Å². The summed E-state index contributed by atoms with van der Waals surface area (Å²) in [6.07, 6.45) is 6.12. The van der Waals surface area contributed by atoms with E-state index in [4.69, 9.17) is 10.5 Å². The second kappa shape index (κ2) is 12.3. The first-order chi connectivity index (χ1) is 19.4. The number of rotatable bonds is 7. The molecule has 1 aliphatic carbocycles. The Labute approximate surface area is 233 Å². The minimum absolute atomic E-state index is 0.0243. The van der Waals surface area contributed by atoms with E-state index in [0.717, 1.165) is 62.4 Å². The Hall–Kier alpha value is -4.26. The fraction of sp³-hybridized carbons (Fsp3) is 0.481. The van der Waals surface area contributed by atoms with E-state index in [0.29, 0.717) is 24.9 Å². The fourth-order valence-electron chi connectivity index (χ4n) is 5.24. The average Bonchev–Trinajstić information content (AvgIpc) is 3.16. The molecule has 1 aliphatic heterocycles. The van der Waals surface area contributed by atoms with Crippen molar-refractivity contribution < 1.29 is 14.3 Å². The molecule has 0 bridgehead atoms. The van der Waals surface area contributed by atoms with Crippen LogP contribution in [0, 0.1) is 5.92 Å². The molecule has 5 rings (SSSR count). The smallest absolute Gasteiger partial charge is 0.248 e. The molecule has 1 saturated carbocycles. The highest BCUT2D eigenvalue weighted by Crippen LogP contribution is 2.28. The molecule has 2 aromatic heterocycles. The van der Waals surface area contributed by atoms with Gasteiger partial charge < -0.3 is 30.9 Å². The molecule has 4 N–H and O–H groups in total. The Morgan fingerprint density at radius 3 is 2.55 bits per heavy atom. The summed E-state index contributed by atoms with van der Waals surface area (Å²) in [6, 6.07) is 9.18. The van der Waals surface area contributed by atoms with Crippen LogP contribution in [0.15, 0.2) is 36.7 Å². The van der Waals surface area contributed by atoms with Crippen LogP contribution < -0.4 is 21.3 Å². The highest BCUT2D eigenvalue weighted by molar-refractivity contribution is 5.92. The summed E-state index contributed by atoms with van der Waals surface area (Å²) in [6.45, 7) is 4.44. The van der Waals surface area contributed by atoms with Crippen molar-refractivity contribution >= 4 is 40.9 Å². The molecule has 2 aliphatic rings. The SMILES string of the molecule is COC1CCCC(C(=O)Nc2ccc(Nc3nc(N)n(-c4cc(N5CCCN(C(C)=O)CC5)ncn4)n3)cc2)C1. The van der Waals surface area contributed by atoms with Crippen molar-refractivity contribution in [3.8, 4) is 5.82 Å². The summed E-state index contributed by atoms with van der Waals surface area (Å²) >= 11 is 0. The van der Waals surface area contributed by atoms with Gasteiger partial charge in [-0.25, -0.2) is 9.97 Å². The van der Waals surface area contributed by atoms with Gasteiger partial charge in [-0.2, -0.15) is 9.67 Å². The molecule has 13 heteroatoms. The van der Waals surface area contributed by atoms with Crippen molar-refractivity contribution in [2.24, 2.45) is 5.92 Å². The zero-order chi connectivity index (χ0) is 28.1. The van der Waals surface area contributed by atoms with Crippen molar-refractivity contribution in [1.82, 2.24) is 29.6 Å². The number of benzene rings is 1. The van der Waals surface area contributed by atoms with E-state index < -0.39 is 0 Å². The summed E-state index contributed by atoms with van der Waals surface area (Å²) in [5.74, 6) is 1.79. The number of hydrogen-bond acceptors (Lipinski definition) is 10. The second-order valence-corrected chi connectivity index (χ2v) is 10.2. The number of hydrogen-bond donors (Lipinski definition) is 3. The lowest BCUT2D eigenvalue weighted by atomic mass is 9.86. The van der Waals surface area contributed by atoms with Crippen molar-refractivity contribution in [1.29, 1.82) is 0 Å². The summed E-state index contributed by atoms with van der Waals surface area (Å²) in [5.41, 5.74) is 7.65. The molecule has 1 aromatic carbocycles. The van der Waals surface area contributed by atoms with Crippen molar-refractivity contribution in [2.45, 2.75) is 45.1 Å². The summed E-state index contributed by atoms with van der Waals surface area (Å²) < 4.78 is 6.91. The van der Waals surface area contributed by atoms with Crippen LogP contribution in [-0.4, -0.2) is 80.8 Å². The Balaban J connectivity index is 1.22. The standard InChI is InChI=1S/C27H36N10O3/c1-18(38)35-11-4-12-36(14-13-35)23-16-24(30-17-29-23)37-26(28)33-27(34-37)32-21-9-7-20(8-10-21)31-25(39)19-5-3-6-22(15-19)40-2/h7-10,16-17,19,22H,3-6,11-15H2,1-2H3,(H,31,39)(H3,28,32,33,34). The molecule has 3 aromatic rings. The molecule has 212 valence electrons. The zero-order valence-corrected chi connectivity index (χ0v) is 22.9. The molecular formula is C27H36N10O3. The Morgan fingerprint density at radius 2 is 1.77 bits per heavy atom. The number of carbonyl (C=O) groups is 2. The normalized spacial score (nSPS) is 19.6. The third-order valence-corrected chi connectivity index (χ3v) is 7.49. The monoisotopic (exact) mass is 548 g/mol. The van der Waals surface area contributed by atoms with Gasteiger partial charge >= 0.3 is 0 Å². The number of nitrogens with two attached hydrogens (primary N) is 1. The lowest BCUT2D eigenvalue weighted by molar-refractivity contribution is -0.128. The molecule has 0 spiro atoms. The molecule has 1 saturated heterocycles. The van der Waals surface area contributed by atoms with E-state index in [1.54, 1.807) is 14.0 Å². The van der Waals surface area contributed by atoms with E-state index in [-0.39, 0.29) is 29.8 Å². The van der Waals surface area contributed by atoms with Crippen molar-refractivity contribution in [3.63, 3.8) is 0 Å². The number of amides is 2. The first-order valence-electron chi connectivity index (χ1n) is 13.7. The summed E-state index contributed by atoms with van der Waals surface area (Å²) in [7, 11) is 1.70. The van der Waals surface area contributed by atoms with Gasteiger partial charge in [0.05, 0.1) is 6.10 Å². The maximum Gasteiger partial charge on any atom is 0.248 e. The number of aromatic nitrogens is 5. The van der Waals surface area contributed by atoms with Gasteiger partial charge in [0.25, 0.3) is 0 Å². The highest BCUT2D eigenvalue weighted by atomic mass is 16.5. The van der Waals surface area contributed by atoms with Crippen LogP contribution in [0.3, 0.4) is 0 Å². The van der Waals surface area contributed by atoms with E-state index in [1.807, 2.05) is 35.2 Å². The van der Waals surface area contributed by atoms with Gasteiger partial charge in [0.2, 0.25) is 23.7 Å². The first kappa shape index (κ1) is 27.3. The van der Waals surface area contributed by atoms with Gasteiger partial charge in [0.15, 0.2) is 5.82 Å². The largest absolute Gasteiger partial charge is 0.381 e. The predicted octanol–water partition coefficient (Wildman–Crippen LogP) is 2.59. The summed E-state index contributed by atoms with van der Waals surface area (Å²) in [4.78, 5) is 41.6. The Morgan fingerprint density at radius 1 is 1.00 bits per heavy atom. The molecule has 2 atom stereocenters. The van der Waals surface area contributed by atoms with Crippen LogP contribution in [0.2, 0.25) is 0 Å². The first-order valence-corrected chi connectivity index (χ1v) is 13.7. The molecular weight excluding hydrogens is 512 g/mol. The molecule has 2 unspecified atom stereocenters. The van der Waals surface area contributed by atoms with E-state index in [9.17, 15) is 9.59 Å². The van der Waals surface area contributed by atoms with Gasteiger partial charge in [-0.15, -0.1) is 5.10 Å². The number of nitrogens with zero attached hydrogens (tertiary/aromatic N) is 7. The molecule has 2 amide bonds. The third-order valence-electron chi connectivity index (χ3n) is 7.49. The fourth-order valence-corrected chi connectivity index (χ4v) is 5.24. The van der Waals surface area contributed by atoms with E-state index in [1.165, 1.54) is 11.0 Å². The minimum Gasteiger partial charge on any atom is -0.381 e. The van der Waals surface area contributed by atoms with Crippen LogP contribution in [0.4, 0.5) is 29.1 Å². The van der Waals surface area contributed by atoms with Crippen LogP contribution in [0.1, 0.15) is 39.0 Å². The molecule has 40 heavy (non-hydrogen) atoms. The summed E-state index contributed by atoms with van der Waals surface area (Å²) in [5, 5.41) is 10.7. The number of anilines is 5. The van der Waals surface area contributed by atoms with Crippen LogP contribution in [-0.2, 0) is 14.3 Å². The number of nitrogens with one attached hydrogen (secondary N) is 2. The van der Waals surface area contributed by atoms with E-state index >= 15 is 0 Å². The maximum atomic E-state index is 12.7.